The molecule has 1 aromatic carbocycles. The number of aromatic nitrogens is 1. The van der Waals surface area contributed by atoms with E-state index in [-0.39, 0.29) is 17.7 Å². The third-order valence-corrected chi connectivity index (χ3v) is 6.46. The highest BCUT2D eigenvalue weighted by Gasteiger charge is 2.32. The van der Waals surface area contributed by atoms with Crippen LogP contribution in [0.3, 0.4) is 0 Å². The van der Waals surface area contributed by atoms with Crippen molar-refractivity contribution in [3.63, 3.8) is 0 Å². The maximum Gasteiger partial charge on any atom is 0.355 e. The fourth-order valence-electron chi connectivity index (χ4n) is 4.63. The highest BCUT2D eigenvalue weighted by molar-refractivity contribution is 6.30. The van der Waals surface area contributed by atoms with E-state index in [4.69, 9.17) is 16.3 Å². The van der Waals surface area contributed by atoms with E-state index in [0.717, 1.165) is 29.7 Å². The van der Waals surface area contributed by atoms with Crippen LogP contribution in [0.25, 0.3) is 0 Å². The van der Waals surface area contributed by atoms with Crippen LogP contribution in [0.2, 0.25) is 5.02 Å². The minimum Gasteiger partial charge on any atom is -0.461 e. The van der Waals surface area contributed by atoms with Gasteiger partial charge >= 0.3 is 5.97 Å². The standard InChI is InChI=1S/C23H26ClNO3/c1-14-21-19(11-17(12-20(21)26)16-7-9-18(24)10-8-16)25-22(14)23(27)28-13-15-5-3-2-4-6-15/h7-10,15,17,25H,2-6,11-13H2,1H3/t17-/m1/s1. The number of ketones is 1. The molecule has 5 heteroatoms. The number of rotatable bonds is 4. The average Bonchev–Trinajstić information content (AvgIpc) is 3.04. The molecule has 2 aromatic rings. The number of halogens is 1. The minimum absolute atomic E-state index is 0.0845. The Labute approximate surface area is 170 Å². The molecule has 0 saturated heterocycles. The molecule has 0 radical (unpaired) electrons. The summed E-state index contributed by atoms with van der Waals surface area (Å²) in [4.78, 5) is 28.7. The lowest BCUT2D eigenvalue weighted by Crippen LogP contribution is -2.18. The number of aromatic amines is 1. The fourth-order valence-corrected chi connectivity index (χ4v) is 4.75. The lowest BCUT2D eigenvalue weighted by molar-refractivity contribution is 0.0403. The molecule has 0 amide bonds. The van der Waals surface area contributed by atoms with Crippen LogP contribution in [-0.4, -0.2) is 23.3 Å². The van der Waals surface area contributed by atoms with Crippen molar-refractivity contribution < 1.29 is 14.3 Å². The molecule has 4 nitrogen and oxygen atoms in total. The molecule has 0 bridgehead atoms. The molecule has 0 spiro atoms. The third kappa shape index (κ3) is 3.88. The lowest BCUT2D eigenvalue weighted by Gasteiger charge is -2.22. The van der Waals surface area contributed by atoms with Gasteiger partial charge in [-0.3, -0.25) is 4.79 Å². The van der Waals surface area contributed by atoms with Gasteiger partial charge in [0.05, 0.1) is 6.61 Å². The van der Waals surface area contributed by atoms with Gasteiger partial charge in [0.1, 0.15) is 5.69 Å². The van der Waals surface area contributed by atoms with Crippen molar-refractivity contribution in [2.45, 2.75) is 57.8 Å². The van der Waals surface area contributed by atoms with Gasteiger partial charge < -0.3 is 9.72 Å². The zero-order chi connectivity index (χ0) is 19.7. The van der Waals surface area contributed by atoms with Crippen LogP contribution in [-0.2, 0) is 11.2 Å². The molecule has 1 aromatic heterocycles. The molecule has 0 unspecified atom stereocenters. The molecular weight excluding hydrogens is 374 g/mol. The Morgan fingerprint density at radius 3 is 2.57 bits per heavy atom. The van der Waals surface area contributed by atoms with E-state index in [1.807, 2.05) is 31.2 Å². The van der Waals surface area contributed by atoms with Gasteiger partial charge in [0.2, 0.25) is 0 Å². The summed E-state index contributed by atoms with van der Waals surface area (Å²) in [5.41, 5.74) is 3.78. The molecule has 28 heavy (non-hydrogen) atoms. The summed E-state index contributed by atoms with van der Waals surface area (Å²) in [5, 5.41) is 0.685. The largest absolute Gasteiger partial charge is 0.461 e. The Morgan fingerprint density at radius 1 is 1.14 bits per heavy atom. The minimum atomic E-state index is -0.340. The van der Waals surface area contributed by atoms with Crippen molar-refractivity contribution in [3.05, 3.63) is 57.4 Å². The van der Waals surface area contributed by atoms with Crippen LogP contribution in [0.15, 0.2) is 24.3 Å². The predicted molar refractivity (Wildman–Crippen MR) is 109 cm³/mol. The second kappa shape index (κ2) is 8.12. The van der Waals surface area contributed by atoms with Crippen LogP contribution in [0, 0.1) is 12.8 Å². The SMILES string of the molecule is Cc1c(C(=O)OCC2CCCCC2)[nH]c2c1C(=O)C[C@H](c1ccc(Cl)cc1)C2. The van der Waals surface area contributed by atoms with Crippen LogP contribution in [0.4, 0.5) is 0 Å². The maximum atomic E-state index is 12.8. The number of hydrogen-bond donors (Lipinski definition) is 1. The summed E-state index contributed by atoms with van der Waals surface area (Å²) >= 11 is 5.98. The smallest absolute Gasteiger partial charge is 0.355 e. The Kier molecular flexibility index (Phi) is 5.58. The molecule has 1 heterocycles. The highest BCUT2D eigenvalue weighted by atomic mass is 35.5. The van der Waals surface area contributed by atoms with E-state index in [0.29, 0.717) is 41.6 Å². The molecule has 148 valence electrons. The van der Waals surface area contributed by atoms with E-state index in [1.165, 1.54) is 19.3 Å². The number of fused-ring (bicyclic) bond motifs is 1. The second-order valence-corrected chi connectivity index (χ2v) is 8.60. The van der Waals surface area contributed by atoms with Crippen LogP contribution >= 0.6 is 11.6 Å². The number of hydrogen-bond acceptors (Lipinski definition) is 3. The summed E-state index contributed by atoms with van der Waals surface area (Å²) in [5.74, 6) is 0.314. The highest BCUT2D eigenvalue weighted by Crippen LogP contribution is 2.35. The predicted octanol–water partition coefficient (Wildman–Crippen LogP) is 5.63. The van der Waals surface area contributed by atoms with Crippen molar-refractivity contribution in [2.75, 3.05) is 6.61 Å². The molecule has 1 atom stereocenters. The number of carbonyl (C=O) groups is 2. The lowest BCUT2D eigenvalue weighted by atomic mass is 9.81. The Balaban J connectivity index is 1.50. The molecule has 0 aliphatic heterocycles. The first kappa shape index (κ1) is 19.3. The molecule has 4 rings (SSSR count). The number of carbonyl (C=O) groups excluding carboxylic acids is 2. The molecule has 1 N–H and O–H groups in total. The van der Waals surface area contributed by atoms with Crippen LogP contribution < -0.4 is 0 Å². The topological polar surface area (TPSA) is 59.2 Å². The van der Waals surface area contributed by atoms with Gasteiger partial charge in [0.25, 0.3) is 0 Å². The van der Waals surface area contributed by atoms with Gasteiger partial charge in [0.15, 0.2) is 5.78 Å². The normalized spacial score (nSPS) is 20.1. The van der Waals surface area contributed by atoms with Gasteiger partial charge in [-0.05, 0) is 61.3 Å². The number of nitrogens with one attached hydrogen (secondary N) is 1. The second-order valence-electron chi connectivity index (χ2n) is 8.16. The van der Waals surface area contributed by atoms with Gasteiger partial charge in [-0.15, -0.1) is 0 Å². The summed E-state index contributed by atoms with van der Waals surface area (Å²) in [7, 11) is 0. The summed E-state index contributed by atoms with van der Waals surface area (Å²) in [6.45, 7) is 2.32. The number of benzene rings is 1. The van der Waals surface area contributed by atoms with E-state index < -0.39 is 0 Å². The number of ether oxygens (including phenoxy) is 1. The number of esters is 1. The van der Waals surface area contributed by atoms with E-state index in [9.17, 15) is 9.59 Å². The van der Waals surface area contributed by atoms with Gasteiger partial charge in [-0.1, -0.05) is 43.0 Å². The zero-order valence-corrected chi connectivity index (χ0v) is 17.0. The molecule has 1 fully saturated rings. The first-order valence-electron chi connectivity index (χ1n) is 10.2. The van der Waals surface area contributed by atoms with Crippen LogP contribution in [0.1, 0.15) is 82.1 Å². The van der Waals surface area contributed by atoms with Crippen molar-refractivity contribution in [3.8, 4) is 0 Å². The molecule has 1 saturated carbocycles. The first-order chi connectivity index (χ1) is 13.5. The van der Waals surface area contributed by atoms with Crippen molar-refractivity contribution in [1.29, 1.82) is 0 Å². The summed E-state index contributed by atoms with van der Waals surface area (Å²) < 4.78 is 5.59. The van der Waals surface area contributed by atoms with Gasteiger partial charge in [0, 0.05) is 22.7 Å². The first-order valence-corrected chi connectivity index (χ1v) is 10.6. The Morgan fingerprint density at radius 2 is 1.86 bits per heavy atom. The van der Waals surface area contributed by atoms with E-state index >= 15 is 0 Å². The molecular formula is C23H26ClNO3. The number of H-pyrrole nitrogens is 1. The van der Waals surface area contributed by atoms with E-state index in [1.54, 1.807) is 0 Å². The molecule has 2 aliphatic rings. The third-order valence-electron chi connectivity index (χ3n) is 6.21. The Bertz CT molecular complexity index is 878. The monoisotopic (exact) mass is 399 g/mol. The van der Waals surface area contributed by atoms with Crippen molar-refractivity contribution >= 4 is 23.4 Å². The Hall–Kier alpha value is -2.07. The summed E-state index contributed by atoms with van der Waals surface area (Å²) in [6, 6.07) is 7.65. The maximum absolute atomic E-state index is 12.8. The fraction of sp³-hybridized carbons (Fsp3) is 0.478. The van der Waals surface area contributed by atoms with Crippen LogP contribution in [0.5, 0.6) is 0 Å². The average molecular weight is 400 g/mol. The van der Waals surface area contributed by atoms with E-state index in [2.05, 4.69) is 4.98 Å². The van der Waals surface area contributed by atoms with Crippen molar-refractivity contribution in [1.82, 2.24) is 4.98 Å². The van der Waals surface area contributed by atoms with Gasteiger partial charge in [-0.25, -0.2) is 4.79 Å². The molecule has 2 aliphatic carbocycles. The quantitative estimate of drug-likeness (QED) is 0.678. The van der Waals surface area contributed by atoms with Gasteiger partial charge in [-0.2, -0.15) is 0 Å². The summed E-state index contributed by atoms with van der Waals surface area (Å²) in [6.07, 6.45) is 7.15. The number of Topliss-reactive ketones (excluding diaryl/α,β-unsaturated/α-hetero) is 1. The zero-order valence-electron chi connectivity index (χ0n) is 16.2. The van der Waals surface area contributed by atoms with Crippen molar-refractivity contribution in [2.24, 2.45) is 5.92 Å².